The van der Waals surface area contributed by atoms with Crippen molar-refractivity contribution in [1.29, 1.82) is 0 Å². The van der Waals surface area contributed by atoms with Crippen LogP contribution in [0, 0.1) is 5.92 Å². The predicted octanol–water partition coefficient (Wildman–Crippen LogP) is 4.21. The van der Waals surface area contributed by atoms with Crippen molar-refractivity contribution in [2.45, 2.75) is 26.4 Å². The first-order valence-electron chi connectivity index (χ1n) is 5.31. The number of hydrogen-bond acceptors (Lipinski definition) is 2. The summed E-state index contributed by atoms with van der Waals surface area (Å²) in [7, 11) is 0. The van der Waals surface area contributed by atoms with Crippen LogP contribution in [0.4, 0.5) is 19.0 Å². The number of anilines is 1. The van der Waals surface area contributed by atoms with Gasteiger partial charge in [-0.25, -0.2) is 4.98 Å². The van der Waals surface area contributed by atoms with E-state index in [9.17, 15) is 13.2 Å². The molecule has 0 radical (unpaired) electrons. The molecule has 1 atom stereocenters. The molecule has 0 aliphatic rings. The Hall–Kier alpha value is -0.970. The van der Waals surface area contributed by atoms with Gasteiger partial charge in [0.1, 0.15) is 11.0 Å². The molecule has 0 amide bonds. The van der Waals surface area contributed by atoms with E-state index in [0.29, 0.717) is 12.5 Å². The molecule has 1 aromatic heterocycles. The lowest BCUT2D eigenvalue weighted by molar-refractivity contribution is -0.137. The lowest BCUT2D eigenvalue weighted by Gasteiger charge is -2.13. The van der Waals surface area contributed by atoms with E-state index in [1.54, 1.807) is 0 Å². The fraction of sp³-hybridized carbons (Fsp3) is 0.545. The van der Waals surface area contributed by atoms with Gasteiger partial charge in [-0.3, -0.25) is 0 Å². The van der Waals surface area contributed by atoms with Crippen LogP contribution in [-0.4, -0.2) is 11.5 Å². The molecule has 1 heterocycles. The SMILES string of the molecule is CCC(C)CNc1cc(C(F)(F)F)cc(Cl)n1. The Balaban J connectivity index is 2.83. The monoisotopic (exact) mass is 266 g/mol. The number of nitrogens with zero attached hydrogens (tertiary/aromatic N) is 1. The zero-order valence-electron chi connectivity index (χ0n) is 9.61. The molecule has 1 N–H and O–H groups in total. The van der Waals surface area contributed by atoms with Gasteiger partial charge in [0, 0.05) is 6.54 Å². The summed E-state index contributed by atoms with van der Waals surface area (Å²) in [4.78, 5) is 3.81. The summed E-state index contributed by atoms with van der Waals surface area (Å²) in [6.07, 6.45) is -3.46. The molecule has 0 saturated heterocycles. The Bertz CT molecular complexity index is 379. The summed E-state index contributed by atoms with van der Waals surface area (Å²) in [6.45, 7) is 4.59. The first-order chi connectivity index (χ1) is 7.82. The number of alkyl halides is 3. The van der Waals surface area contributed by atoms with E-state index >= 15 is 0 Å². The molecule has 6 heteroatoms. The van der Waals surface area contributed by atoms with Crippen molar-refractivity contribution < 1.29 is 13.2 Å². The van der Waals surface area contributed by atoms with Crippen LogP contribution in [0.5, 0.6) is 0 Å². The zero-order valence-corrected chi connectivity index (χ0v) is 10.4. The average molecular weight is 267 g/mol. The maximum absolute atomic E-state index is 12.5. The average Bonchev–Trinajstić information content (AvgIpc) is 2.24. The van der Waals surface area contributed by atoms with Crippen molar-refractivity contribution in [2.24, 2.45) is 5.92 Å². The number of hydrogen-bond donors (Lipinski definition) is 1. The van der Waals surface area contributed by atoms with Gasteiger partial charge in [-0.05, 0) is 18.1 Å². The Labute approximate surface area is 103 Å². The zero-order chi connectivity index (χ0) is 13.1. The molecule has 1 aromatic rings. The molecule has 0 aliphatic carbocycles. The fourth-order valence-electron chi connectivity index (χ4n) is 1.17. The van der Waals surface area contributed by atoms with Gasteiger partial charge in [0.25, 0.3) is 0 Å². The van der Waals surface area contributed by atoms with Crippen molar-refractivity contribution in [3.63, 3.8) is 0 Å². The van der Waals surface area contributed by atoms with Gasteiger partial charge < -0.3 is 5.32 Å². The summed E-state index contributed by atoms with van der Waals surface area (Å²) in [5.74, 6) is 0.523. The highest BCUT2D eigenvalue weighted by atomic mass is 35.5. The lowest BCUT2D eigenvalue weighted by atomic mass is 10.1. The van der Waals surface area contributed by atoms with Crippen molar-refractivity contribution in [2.75, 3.05) is 11.9 Å². The van der Waals surface area contributed by atoms with E-state index in [1.165, 1.54) is 0 Å². The quantitative estimate of drug-likeness (QED) is 0.826. The first kappa shape index (κ1) is 14.1. The molecule has 0 aliphatic heterocycles. The van der Waals surface area contributed by atoms with Gasteiger partial charge in [-0.2, -0.15) is 13.2 Å². The smallest absolute Gasteiger partial charge is 0.370 e. The molecule has 0 fully saturated rings. The largest absolute Gasteiger partial charge is 0.416 e. The van der Waals surface area contributed by atoms with E-state index < -0.39 is 11.7 Å². The van der Waals surface area contributed by atoms with Crippen LogP contribution in [0.1, 0.15) is 25.8 Å². The van der Waals surface area contributed by atoms with Crippen LogP contribution in [-0.2, 0) is 6.18 Å². The van der Waals surface area contributed by atoms with Crippen LogP contribution in [0.25, 0.3) is 0 Å². The van der Waals surface area contributed by atoms with Crippen molar-refractivity contribution in [3.05, 3.63) is 22.8 Å². The molecule has 1 unspecified atom stereocenters. The number of nitrogens with one attached hydrogen (secondary N) is 1. The number of rotatable bonds is 4. The van der Waals surface area contributed by atoms with Crippen molar-refractivity contribution >= 4 is 17.4 Å². The Morgan fingerprint density at radius 1 is 1.41 bits per heavy atom. The second kappa shape index (κ2) is 5.58. The highest BCUT2D eigenvalue weighted by Gasteiger charge is 2.31. The number of aromatic nitrogens is 1. The summed E-state index contributed by atoms with van der Waals surface area (Å²) in [6, 6.07) is 1.78. The minimum atomic E-state index is -4.40. The topological polar surface area (TPSA) is 24.9 Å². The molecule has 17 heavy (non-hydrogen) atoms. The van der Waals surface area contributed by atoms with Gasteiger partial charge >= 0.3 is 6.18 Å². The second-order valence-electron chi connectivity index (χ2n) is 3.96. The summed E-state index contributed by atoms with van der Waals surface area (Å²) in [5.41, 5.74) is -0.788. The minimum Gasteiger partial charge on any atom is -0.370 e. The van der Waals surface area contributed by atoms with Gasteiger partial charge in [0.2, 0.25) is 0 Å². The minimum absolute atomic E-state index is 0.158. The molecular formula is C11H14ClF3N2. The van der Waals surface area contributed by atoms with Crippen LogP contribution < -0.4 is 5.32 Å². The van der Waals surface area contributed by atoms with Gasteiger partial charge in [0.15, 0.2) is 0 Å². The van der Waals surface area contributed by atoms with Gasteiger partial charge in [0.05, 0.1) is 5.56 Å². The molecule has 0 spiro atoms. The first-order valence-corrected chi connectivity index (χ1v) is 5.69. The number of halogens is 4. The van der Waals surface area contributed by atoms with Crippen LogP contribution in [0.2, 0.25) is 5.15 Å². The molecule has 0 saturated carbocycles. The molecule has 1 rings (SSSR count). The highest BCUT2D eigenvalue weighted by Crippen LogP contribution is 2.31. The molecule has 96 valence electrons. The third-order valence-electron chi connectivity index (χ3n) is 2.45. The van der Waals surface area contributed by atoms with Gasteiger partial charge in [-0.1, -0.05) is 31.9 Å². The lowest BCUT2D eigenvalue weighted by Crippen LogP contribution is -2.13. The summed E-state index contributed by atoms with van der Waals surface area (Å²) in [5, 5.41) is 2.69. The highest BCUT2D eigenvalue weighted by molar-refractivity contribution is 6.29. The van der Waals surface area contributed by atoms with E-state index in [0.717, 1.165) is 18.6 Å². The van der Waals surface area contributed by atoms with E-state index in [1.807, 2.05) is 13.8 Å². The second-order valence-corrected chi connectivity index (χ2v) is 4.34. The Kier molecular flexibility index (Phi) is 4.62. The molecule has 2 nitrogen and oxygen atoms in total. The van der Waals surface area contributed by atoms with Crippen LogP contribution in [0.3, 0.4) is 0 Å². The van der Waals surface area contributed by atoms with Crippen molar-refractivity contribution in [1.82, 2.24) is 4.98 Å². The van der Waals surface area contributed by atoms with Gasteiger partial charge in [-0.15, -0.1) is 0 Å². The van der Waals surface area contributed by atoms with Crippen LogP contribution in [0.15, 0.2) is 12.1 Å². The fourth-order valence-corrected chi connectivity index (χ4v) is 1.38. The van der Waals surface area contributed by atoms with Crippen molar-refractivity contribution in [3.8, 4) is 0 Å². The summed E-state index contributed by atoms with van der Waals surface area (Å²) < 4.78 is 37.5. The third-order valence-corrected chi connectivity index (χ3v) is 2.64. The Morgan fingerprint density at radius 3 is 2.59 bits per heavy atom. The molecule has 0 bridgehead atoms. The maximum Gasteiger partial charge on any atom is 0.416 e. The molecule has 0 aromatic carbocycles. The van der Waals surface area contributed by atoms with E-state index in [-0.39, 0.29) is 11.0 Å². The maximum atomic E-state index is 12.5. The standard InChI is InChI=1S/C11H14ClF3N2/c1-3-7(2)6-16-10-5-8(11(13,14)15)4-9(12)17-10/h4-5,7H,3,6H2,1-2H3,(H,16,17). The normalized spacial score (nSPS) is 13.5. The van der Waals surface area contributed by atoms with Crippen LogP contribution >= 0.6 is 11.6 Å². The van der Waals surface area contributed by atoms with E-state index in [4.69, 9.17) is 11.6 Å². The summed E-state index contributed by atoms with van der Waals surface area (Å²) >= 11 is 5.55. The molecular weight excluding hydrogens is 253 g/mol. The van der Waals surface area contributed by atoms with E-state index in [2.05, 4.69) is 10.3 Å². The third kappa shape index (κ3) is 4.42. The Morgan fingerprint density at radius 2 is 2.06 bits per heavy atom. The predicted molar refractivity (Wildman–Crippen MR) is 62.2 cm³/mol. The number of pyridine rings is 1.